The van der Waals surface area contributed by atoms with Gasteiger partial charge in [0.15, 0.2) is 5.78 Å². The highest BCUT2D eigenvalue weighted by Crippen LogP contribution is 2.35. The first-order valence-corrected chi connectivity index (χ1v) is 6.91. The van der Waals surface area contributed by atoms with Crippen LogP contribution in [0.2, 0.25) is 0 Å². The number of ether oxygens (including phenoxy) is 1. The number of benzene rings is 2. The van der Waals surface area contributed by atoms with E-state index in [1.54, 1.807) is 31.2 Å². The van der Waals surface area contributed by atoms with E-state index in [0.29, 0.717) is 5.56 Å². The Morgan fingerprint density at radius 2 is 1.90 bits per heavy atom. The maximum atomic E-state index is 11.6. The molecule has 0 amide bonds. The fraction of sp³-hybridized carbons (Fsp3) is 0.133. The van der Waals surface area contributed by atoms with E-state index in [0.717, 1.165) is 10.0 Å². The molecule has 108 valence electrons. The molecule has 0 radical (unpaired) electrons. The summed E-state index contributed by atoms with van der Waals surface area (Å²) in [6.45, 7) is 3.18. The summed E-state index contributed by atoms with van der Waals surface area (Å²) in [6.07, 6.45) is 0. The maximum absolute atomic E-state index is 11.6. The number of nitro benzene ring substituents is 1. The molecule has 0 bridgehead atoms. The first kappa shape index (κ1) is 15.2. The monoisotopic (exact) mass is 349 g/mol. The van der Waals surface area contributed by atoms with E-state index >= 15 is 0 Å². The average Bonchev–Trinajstić information content (AvgIpc) is 2.40. The van der Waals surface area contributed by atoms with Crippen molar-refractivity contribution in [3.8, 4) is 11.5 Å². The van der Waals surface area contributed by atoms with Crippen molar-refractivity contribution >= 4 is 27.4 Å². The lowest BCUT2D eigenvalue weighted by molar-refractivity contribution is -0.385. The number of carbonyl (C=O) groups is 1. The summed E-state index contributed by atoms with van der Waals surface area (Å²) in [5.74, 6) is 0.210. The van der Waals surface area contributed by atoms with Crippen molar-refractivity contribution in [3.05, 3.63) is 62.1 Å². The van der Waals surface area contributed by atoms with Crippen LogP contribution in [-0.2, 0) is 0 Å². The third-order valence-electron chi connectivity index (χ3n) is 2.85. The zero-order valence-electron chi connectivity index (χ0n) is 11.4. The second kappa shape index (κ2) is 6.05. The second-order valence-corrected chi connectivity index (χ2v) is 5.44. The van der Waals surface area contributed by atoms with Gasteiger partial charge in [-0.3, -0.25) is 14.9 Å². The summed E-state index contributed by atoms with van der Waals surface area (Å²) in [5.41, 5.74) is 0.993. The number of halogens is 1. The SMILES string of the molecule is CC(=O)c1ccc(Br)cc1Oc1ccc(C)cc1[N+](=O)[O-]. The molecule has 2 aromatic rings. The molecule has 0 N–H and O–H groups in total. The molecule has 0 saturated carbocycles. The Kier molecular flexibility index (Phi) is 4.37. The molecule has 0 atom stereocenters. The lowest BCUT2D eigenvalue weighted by Crippen LogP contribution is -1.99. The lowest BCUT2D eigenvalue weighted by atomic mass is 10.1. The van der Waals surface area contributed by atoms with Crippen LogP contribution in [0.3, 0.4) is 0 Å². The van der Waals surface area contributed by atoms with Gasteiger partial charge in [0.25, 0.3) is 0 Å². The summed E-state index contributed by atoms with van der Waals surface area (Å²) in [7, 11) is 0. The van der Waals surface area contributed by atoms with Crippen molar-refractivity contribution in [2.75, 3.05) is 0 Å². The van der Waals surface area contributed by atoms with Gasteiger partial charge in [0.2, 0.25) is 5.75 Å². The number of nitro groups is 1. The number of Topliss-reactive ketones (excluding diaryl/α,β-unsaturated/α-hetero) is 1. The molecule has 0 heterocycles. The average molecular weight is 350 g/mol. The van der Waals surface area contributed by atoms with Gasteiger partial charge >= 0.3 is 5.69 Å². The van der Waals surface area contributed by atoms with Gasteiger partial charge in [0, 0.05) is 10.5 Å². The van der Waals surface area contributed by atoms with Crippen LogP contribution < -0.4 is 4.74 Å². The molecule has 21 heavy (non-hydrogen) atoms. The van der Waals surface area contributed by atoms with E-state index in [-0.39, 0.29) is 23.0 Å². The second-order valence-electron chi connectivity index (χ2n) is 4.53. The van der Waals surface area contributed by atoms with Gasteiger partial charge < -0.3 is 4.74 Å². The van der Waals surface area contributed by atoms with Crippen molar-refractivity contribution in [1.29, 1.82) is 0 Å². The van der Waals surface area contributed by atoms with Crippen molar-refractivity contribution in [1.82, 2.24) is 0 Å². The van der Waals surface area contributed by atoms with E-state index in [9.17, 15) is 14.9 Å². The maximum Gasteiger partial charge on any atom is 0.311 e. The molecule has 6 heteroatoms. The Hall–Kier alpha value is -2.21. The van der Waals surface area contributed by atoms with Crippen LogP contribution in [0.4, 0.5) is 5.69 Å². The standard InChI is InChI=1S/C15H12BrNO4/c1-9-3-6-14(13(7-9)17(19)20)21-15-8-11(16)4-5-12(15)10(2)18/h3-8H,1-2H3. The van der Waals surface area contributed by atoms with Gasteiger partial charge in [-0.1, -0.05) is 22.0 Å². The van der Waals surface area contributed by atoms with E-state index in [4.69, 9.17) is 4.74 Å². The number of hydrogen-bond donors (Lipinski definition) is 0. The first-order valence-electron chi connectivity index (χ1n) is 6.12. The molecular formula is C15H12BrNO4. The van der Waals surface area contributed by atoms with E-state index in [2.05, 4.69) is 15.9 Å². The van der Waals surface area contributed by atoms with Crippen LogP contribution in [0.25, 0.3) is 0 Å². The van der Waals surface area contributed by atoms with Gasteiger partial charge in [-0.05, 0) is 43.7 Å². The molecule has 2 rings (SSSR count). The molecule has 5 nitrogen and oxygen atoms in total. The minimum atomic E-state index is -0.506. The van der Waals surface area contributed by atoms with Crippen molar-refractivity contribution in [2.45, 2.75) is 13.8 Å². The van der Waals surface area contributed by atoms with E-state index in [1.807, 2.05) is 0 Å². The normalized spacial score (nSPS) is 10.2. The third kappa shape index (κ3) is 3.46. The predicted octanol–water partition coefficient (Wildman–Crippen LogP) is 4.66. The number of carbonyl (C=O) groups excluding carboxylic acids is 1. The largest absolute Gasteiger partial charge is 0.449 e. The van der Waals surface area contributed by atoms with E-state index in [1.165, 1.54) is 19.1 Å². The molecule has 2 aromatic carbocycles. The van der Waals surface area contributed by atoms with Crippen LogP contribution in [-0.4, -0.2) is 10.7 Å². The number of aryl methyl sites for hydroxylation is 1. The zero-order valence-corrected chi connectivity index (χ0v) is 13.0. The molecular weight excluding hydrogens is 338 g/mol. The van der Waals surface area contributed by atoms with E-state index < -0.39 is 4.92 Å². The van der Waals surface area contributed by atoms with Crippen molar-refractivity contribution in [3.63, 3.8) is 0 Å². The highest BCUT2D eigenvalue weighted by atomic mass is 79.9. The molecule has 0 fully saturated rings. The lowest BCUT2D eigenvalue weighted by Gasteiger charge is -2.10. The van der Waals surface area contributed by atoms with Gasteiger partial charge in [0.1, 0.15) is 5.75 Å². The fourth-order valence-corrected chi connectivity index (χ4v) is 2.19. The number of nitrogens with zero attached hydrogens (tertiary/aromatic N) is 1. The van der Waals surface area contributed by atoms with Crippen LogP contribution in [0.1, 0.15) is 22.8 Å². The molecule has 0 aliphatic heterocycles. The topological polar surface area (TPSA) is 69.4 Å². The Morgan fingerprint density at radius 3 is 2.52 bits per heavy atom. The minimum Gasteiger partial charge on any atom is -0.449 e. The predicted molar refractivity (Wildman–Crippen MR) is 82.1 cm³/mol. The van der Waals surface area contributed by atoms with Crippen LogP contribution in [0.5, 0.6) is 11.5 Å². The molecule has 0 aliphatic carbocycles. The summed E-state index contributed by atoms with van der Waals surface area (Å²) >= 11 is 3.29. The minimum absolute atomic E-state index is 0.103. The van der Waals surface area contributed by atoms with Crippen molar-refractivity contribution < 1.29 is 14.5 Å². The number of rotatable bonds is 4. The Labute approximate surface area is 129 Å². The fourth-order valence-electron chi connectivity index (χ4n) is 1.85. The zero-order chi connectivity index (χ0) is 15.6. The Morgan fingerprint density at radius 1 is 1.19 bits per heavy atom. The number of ketones is 1. The Balaban J connectivity index is 2.50. The number of hydrogen-bond acceptors (Lipinski definition) is 4. The van der Waals surface area contributed by atoms with Gasteiger partial charge in [-0.25, -0.2) is 0 Å². The summed E-state index contributed by atoms with van der Waals surface area (Å²) in [4.78, 5) is 22.2. The molecule has 0 aromatic heterocycles. The third-order valence-corrected chi connectivity index (χ3v) is 3.35. The summed E-state index contributed by atoms with van der Waals surface area (Å²) in [5, 5.41) is 11.1. The van der Waals surface area contributed by atoms with Crippen LogP contribution in [0, 0.1) is 17.0 Å². The molecule has 0 aliphatic rings. The smallest absolute Gasteiger partial charge is 0.311 e. The summed E-state index contributed by atoms with van der Waals surface area (Å²) < 4.78 is 6.33. The van der Waals surface area contributed by atoms with Gasteiger partial charge in [0.05, 0.1) is 10.5 Å². The highest BCUT2D eigenvalue weighted by molar-refractivity contribution is 9.10. The van der Waals surface area contributed by atoms with Crippen molar-refractivity contribution in [2.24, 2.45) is 0 Å². The van der Waals surface area contributed by atoms with Gasteiger partial charge in [-0.15, -0.1) is 0 Å². The quantitative estimate of drug-likeness (QED) is 0.457. The first-order chi connectivity index (χ1) is 9.88. The summed E-state index contributed by atoms with van der Waals surface area (Å²) in [6, 6.07) is 9.61. The van der Waals surface area contributed by atoms with Crippen LogP contribution in [0.15, 0.2) is 40.9 Å². The highest BCUT2D eigenvalue weighted by Gasteiger charge is 2.18. The molecule has 0 unspecified atom stereocenters. The van der Waals surface area contributed by atoms with Gasteiger partial charge in [-0.2, -0.15) is 0 Å². The van der Waals surface area contributed by atoms with Crippen LogP contribution >= 0.6 is 15.9 Å². The molecule has 0 spiro atoms. The Bertz CT molecular complexity index is 728. The molecule has 0 saturated heterocycles.